The van der Waals surface area contributed by atoms with Crippen molar-refractivity contribution in [1.82, 2.24) is 0 Å². The summed E-state index contributed by atoms with van der Waals surface area (Å²) in [5, 5.41) is 32.0. The van der Waals surface area contributed by atoms with E-state index >= 15 is 0 Å². The van der Waals surface area contributed by atoms with Gasteiger partial charge in [-0.05, 0) is 12.8 Å². The third-order valence-corrected chi connectivity index (χ3v) is 2.67. The van der Waals surface area contributed by atoms with E-state index in [4.69, 9.17) is 11.0 Å². The molecule has 0 radical (unpaired) electrons. The van der Waals surface area contributed by atoms with Crippen molar-refractivity contribution in [1.29, 1.82) is 5.26 Å². The highest BCUT2D eigenvalue weighted by molar-refractivity contribution is 5.36. The van der Waals surface area contributed by atoms with Crippen molar-refractivity contribution in [3.05, 3.63) is 27.5 Å². The van der Waals surface area contributed by atoms with E-state index in [9.17, 15) is 10.4 Å². The smallest absolute Gasteiger partial charge is 0.385 e. The van der Waals surface area contributed by atoms with Gasteiger partial charge in [0.2, 0.25) is 5.69 Å². The number of rotatable bonds is 0. The lowest BCUT2D eigenvalue weighted by molar-refractivity contribution is -0.669. The molecule has 1 aromatic rings. The van der Waals surface area contributed by atoms with Gasteiger partial charge in [-0.2, -0.15) is 5.26 Å². The SMILES string of the molecule is N#Cc1c(N)[n+]([O-])c2c([n+]1[O-])CCCC2. The third-order valence-electron chi connectivity index (χ3n) is 2.67. The van der Waals surface area contributed by atoms with E-state index in [0.29, 0.717) is 33.7 Å². The molecule has 78 valence electrons. The van der Waals surface area contributed by atoms with Gasteiger partial charge in [0.1, 0.15) is 0 Å². The Morgan fingerprint density at radius 2 is 1.67 bits per heavy atom. The molecular weight excluding hydrogens is 196 g/mol. The number of hydrogen-bond donors (Lipinski definition) is 1. The van der Waals surface area contributed by atoms with Crippen molar-refractivity contribution in [2.75, 3.05) is 5.73 Å². The Labute approximate surface area is 86.3 Å². The molecule has 0 bridgehead atoms. The number of anilines is 1. The van der Waals surface area contributed by atoms with Gasteiger partial charge in [0.25, 0.3) is 0 Å². The maximum atomic E-state index is 11.7. The van der Waals surface area contributed by atoms with Gasteiger partial charge in [0.15, 0.2) is 11.8 Å². The minimum atomic E-state index is -0.300. The molecule has 6 heteroatoms. The number of nitriles is 1. The Morgan fingerprint density at radius 3 is 2.20 bits per heavy atom. The number of aromatic nitrogens is 2. The molecule has 0 fully saturated rings. The van der Waals surface area contributed by atoms with Crippen molar-refractivity contribution >= 4 is 5.82 Å². The normalized spacial score (nSPS) is 14.3. The summed E-state index contributed by atoms with van der Waals surface area (Å²) in [5.74, 6) is -0.298. The quantitative estimate of drug-likeness (QED) is 0.447. The average Bonchev–Trinajstić information content (AvgIpc) is 2.27. The van der Waals surface area contributed by atoms with Gasteiger partial charge in [-0.15, -0.1) is 4.73 Å². The molecule has 0 spiro atoms. The standard InChI is InChI=1S/C9H10N4O2/c10-5-8-9(11)13(15)7-4-2-1-3-6(7)12(8)14/h1-4,11H2. The maximum Gasteiger partial charge on any atom is 0.385 e. The highest BCUT2D eigenvalue weighted by atomic mass is 16.5. The molecule has 1 aromatic heterocycles. The van der Waals surface area contributed by atoms with E-state index < -0.39 is 0 Å². The molecule has 2 N–H and O–H groups in total. The molecule has 0 amide bonds. The van der Waals surface area contributed by atoms with Crippen LogP contribution in [0.1, 0.15) is 29.9 Å². The first-order valence-electron chi connectivity index (χ1n) is 4.73. The molecular formula is C9H10N4O2. The Hall–Kier alpha value is -2.03. The fourth-order valence-electron chi connectivity index (χ4n) is 1.89. The van der Waals surface area contributed by atoms with Crippen molar-refractivity contribution in [2.45, 2.75) is 25.7 Å². The molecule has 0 aromatic carbocycles. The Kier molecular flexibility index (Phi) is 2.08. The van der Waals surface area contributed by atoms with Crippen LogP contribution in [0.5, 0.6) is 0 Å². The minimum absolute atomic E-state index is 0.298. The zero-order chi connectivity index (χ0) is 11.0. The van der Waals surface area contributed by atoms with Crippen LogP contribution in [0.2, 0.25) is 0 Å². The lowest BCUT2D eigenvalue weighted by Crippen LogP contribution is -2.50. The maximum absolute atomic E-state index is 11.7. The number of fused-ring (bicyclic) bond motifs is 1. The Bertz CT molecular complexity index is 461. The first-order chi connectivity index (χ1) is 7.16. The summed E-state index contributed by atoms with van der Waals surface area (Å²) in [6.45, 7) is 0. The van der Waals surface area contributed by atoms with Crippen LogP contribution in [0.25, 0.3) is 0 Å². The van der Waals surface area contributed by atoms with Crippen LogP contribution in [0, 0.1) is 21.7 Å². The van der Waals surface area contributed by atoms with E-state index in [1.165, 1.54) is 0 Å². The molecule has 0 aliphatic heterocycles. The van der Waals surface area contributed by atoms with Crippen molar-refractivity contribution in [2.24, 2.45) is 0 Å². The molecule has 0 unspecified atom stereocenters. The van der Waals surface area contributed by atoms with Gasteiger partial charge in [-0.3, -0.25) is 5.73 Å². The van der Waals surface area contributed by atoms with E-state index in [0.717, 1.165) is 12.8 Å². The van der Waals surface area contributed by atoms with Gasteiger partial charge in [0, 0.05) is 12.8 Å². The van der Waals surface area contributed by atoms with Gasteiger partial charge in [-0.25, -0.2) is 4.73 Å². The van der Waals surface area contributed by atoms with E-state index in [-0.39, 0.29) is 11.5 Å². The predicted octanol–water partition coefficient (Wildman–Crippen LogP) is -0.714. The first-order valence-corrected chi connectivity index (χ1v) is 4.73. The largest absolute Gasteiger partial charge is 0.710 e. The lowest BCUT2D eigenvalue weighted by Gasteiger charge is -2.19. The van der Waals surface area contributed by atoms with Crippen LogP contribution in [0.15, 0.2) is 0 Å². The van der Waals surface area contributed by atoms with Crippen LogP contribution >= 0.6 is 0 Å². The highest BCUT2D eigenvalue weighted by Crippen LogP contribution is 2.16. The first kappa shape index (κ1) is 9.52. The summed E-state index contributed by atoms with van der Waals surface area (Å²) < 4.78 is 1.01. The number of nitrogen functional groups attached to an aromatic ring is 1. The summed E-state index contributed by atoms with van der Waals surface area (Å²) in [6.07, 6.45) is 2.83. The number of nitrogens with zero attached hydrogens (tertiary/aromatic N) is 3. The van der Waals surface area contributed by atoms with Gasteiger partial charge >= 0.3 is 11.5 Å². The van der Waals surface area contributed by atoms with Gasteiger partial charge in [0.05, 0.1) is 0 Å². The summed E-state index contributed by atoms with van der Waals surface area (Å²) in [7, 11) is 0. The summed E-state index contributed by atoms with van der Waals surface area (Å²) in [6, 6.07) is 1.66. The molecule has 2 rings (SSSR count). The predicted molar refractivity (Wildman–Crippen MR) is 50.1 cm³/mol. The molecule has 0 saturated carbocycles. The zero-order valence-electron chi connectivity index (χ0n) is 8.06. The fraction of sp³-hybridized carbons (Fsp3) is 0.444. The van der Waals surface area contributed by atoms with Crippen LogP contribution in [-0.4, -0.2) is 0 Å². The van der Waals surface area contributed by atoms with E-state index in [1.54, 1.807) is 6.07 Å². The fourth-order valence-corrected chi connectivity index (χ4v) is 1.89. The molecule has 1 aliphatic carbocycles. The molecule has 1 heterocycles. The highest BCUT2D eigenvalue weighted by Gasteiger charge is 2.30. The Morgan fingerprint density at radius 1 is 1.13 bits per heavy atom. The lowest BCUT2D eigenvalue weighted by atomic mass is 10.00. The second-order valence-corrected chi connectivity index (χ2v) is 3.53. The number of hydrogen-bond acceptors (Lipinski definition) is 4. The summed E-state index contributed by atoms with van der Waals surface area (Å²) in [5.41, 5.74) is 5.93. The third kappa shape index (κ3) is 1.24. The number of nitrogens with two attached hydrogens (primary N) is 1. The topological polar surface area (TPSA) is 104 Å². The van der Waals surface area contributed by atoms with Crippen molar-refractivity contribution in [3.8, 4) is 6.07 Å². The Balaban J connectivity index is 2.76. The summed E-state index contributed by atoms with van der Waals surface area (Å²) >= 11 is 0. The van der Waals surface area contributed by atoms with Crippen LogP contribution in [0.4, 0.5) is 5.82 Å². The van der Waals surface area contributed by atoms with Gasteiger partial charge < -0.3 is 10.4 Å². The average molecular weight is 206 g/mol. The minimum Gasteiger partial charge on any atom is -0.710 e. The molecule has 0 atom stereocenters. The van der Waals surface area contributed by atoms with Crippen LogP contribution in [0.3, 0.4) is 0 Å². The summed E-state index contributed by atoms with van der Waals surface area (Å²) in [4.78, 5) is 0. The van der Waals surface area contributed by atoms with Crippen molar-refractivity contribution < 1.29 is 9.46 Å². The molecule has 15 heavy (non-hydrogen) atoms. The second kappa shape index (κ2) is 3.28. The van der Waals surface area contributed by atoms with E-state index in [2.05, 4.69) is 0 Å². The zero-order valence-corrected chi connectivity index (χ0v) is 8.06. The van der Waals surface area contributed by atoms with Crippen LogP contribution in [-0.2, 0) is 12.8 Å². The molecule has 0 saturated heterocycles. The van der Waals surface area contributed by atoms with E-state index in [1.807, 2.05) is 0 Å². The monoisotopic (exact) mass is 206 g/mol. The molecule has 6 nitrogen and oxygen atoms in total. The second-order valence-electron chi connectivity index (χ2n) is 3.53. The molecule has 1 aliphatic rings. The van der Waals surface area contributed by atoms with Crippen molar-refractivity contribution in [3.63, 3.8) is 0 Å². The van der Waals surface area contributed by atoms with Crippen LogP contribution < -0.4 is 15.2 Å². The van der Waals surface area contributed by atoms with Gasteiger partial charge in [-0.1, -0.05) is 0 Å².